The number of benzene rings is 1. The number of rotatable bonds is 5. The lowest BCUT2D eigenvalue weighted by Crippen LogP contribution is -2.28. The number of carbonyl (C=O) groups is 2. The Labute approximate surface area is 103 Å². The first-order chi connectivity index (χ1) is 8.41. The van der Waals surface area contributed by atoms with Crippen molar-refractivity contribution >= 4 is 17.6 Å². The van der Waals surface area contributed by atoms with Crippen LogP contribution in [0.3, 0.4) is 0 Å². The Hall–Kier alpha value is -2.44. The van der Waals surface area contributed by atoms with Crippen molar-refractivity contribution < 1.29 is 19.6 Å². The van der Waals surface area contributed by atoms with Crippen LogP contribution in [-0.4, -0.2) is 40.4 Å². The van der Waals surface area contributed by atoms with Crippen molar-refractivity contribution in [2.24, 2.45) is 0 Å². The van der Waals surface area contributed by atoms with E-state index >= 15 is 0 Å². The topological polar surface area (TPSA) is 101 Å². The molecule has 1 amide bonds. The second kappa shape index (κ2) is 5.76. The van der Waals surface area contributed by atoms with Gasteiger partial charge in [-0.1, -0.05) is 0 Å². The van der Waals surface area contributed by atoms with Gasteiger partial charge in [0.05, 0.1) is 11.3 Å². The molecule has 0 aromatic heterocycles. The van der Waals surface area contributed by atoms with Crippen molar-refractivity contribution in [3.05, 3.63) is 39.9 Å². The van der Waals surface area contributed by atoms with Crippen LogP contribution in [0.5, 0.6) is 0 Å². The molecule has 0 aliphatic rings. The molecule has 0 aliphatic carbocycles. The molecule has 0 aliphatic heterocycles. The number of nitro benzene ring substituents is 1. The number of amides is 1. The fourth-order valence-electron chi connectivity index (χ4n) is 1.31. The standard InChI is InChI=1S/C11H12N2O5/c1-12(7-6-10(14)15)11(16)8-2-4-9(5-3-8)13(17)18/h2-5H,6-7H2,1H3,(H,14,15). The van der Waals surface area contributed by atoms with Crippen LogP contribution in [-0.2, 0) is 4.79 Å². The minimum Gasteiger partial charge on any atom is -0.481 e. The van der Waals surface area contributed by atoms with Crippen molar-refractivity contribution in [3.8, 4) is 0 Å². The molecule has 0 radical (unpaired) electrons. The van der Waals surface area contributed by atoms with Crippen LogP contribution >= 0.6 is 0 Å². The van der Waals surface area contributed by atoms with Crippen molar-refractivity contribution in [3.63, 3.8) is 0 Å². The van der Waals surface area contributed by atoms with Gasteiger partial charge in [0.1, 0.15) is 0 Å². The maximum absolute atomic E-state index is 11.8. The van der Waals surface area contributed by atoms with Gasteiger partial charge < -0.3 is 10.0 Å². The molecule has 7 nitrogen and oxygen atoms in total. The van der Waals surface area contributed by atoms with Gasteiger partial charge in [-0.3, -0.25) is 19.7 Å². The summed E-state index contributed by atoms with van der Waals surface area (Å²) in [6.07, 6.45) is -0.144. The maximum Gasteiger partial charge on any atom is 0.305 e. The van der Waals surface area contributed by atoms with Crippen molar-refractivity contribution in [1.82, 2.24) is 4.90 Å². The Kier molecular flexibility index (Phi) is 4.36. The molecule has 96 valence electrons. The number of hydrogen-bond acceptors (Lipinski definition) is 4. The summed E-state index contributed by atoms with van der Waals surface area (Å²) in [5.41, 5.74) is 0.188. The normalized spacial score (nSPS) is 9.83. The molecule has 18 heavy (non-hydrogen) atoms. The van der Waals surface area contributed by atoms with E-state index in [0.717, 1.165) is 0 Å². The molecule has 1 aromatic rings. The molecule has 0 bridgehead atoms. The molecule has 0 fully saturated rings. The zero-order valence-electron chi connectivity index (χ0n) is 9.70. The third-order valence-corrected chi connectivity index (χ3v) is 2.33. The zero-order valence-corrected chi connectivity index (χ0v) is 9.70. The Morgan fingerprint density at radius 3 is 2.33 bits per heavy atom. The van der Waals surface area contributed by atoms with E-state index < -0.39 is 10.9 Å². The Balaban J connectivity index is 2.71. The molecule has 0 saturated heterocycles. The molecule has 0 unspecified atom stereocenters. The Bertz CT molecular complexity index is 469. The second-order valence-corrected chi connectivity index (χ2v) is 3.67. The summed E-state index contributed by atoms with van der Waals surface area (Å²) in [4.78, 5) is 33.3. The third kappa shape index (κ3) is 3.55. The smallest absolute Gasteiger partial charge is 0.305 e. The minimum atomic E-state index is -0.988. The van der Waals surface area contributed by atoms with Gasteiger partial charge in [0, 0.05) is 31.3 Å². The maximum atomic E-state index is 11.8. The van der Waals surface area contributed by atoms with E-state index in [9.17, 15) is 19.7 Å². The SMILES string of the molecule is CN(CCC(=O)O)C(=O)c1ccc([N+](=O)[O-])cc1. The first-order valence-electron chi connectivity index (χ1n) is 5.13. The minimum absolute atomic E-state index is 0.0884. The summed E-state index contributed by atoms with van der Waals surface area (Å²) < 4.78 is 0. The number of hydrogen-bond donors (Lipinski definition) is 1. The van der Waals surface area contributed by atoms with Gasteiger partial charge in [-0.2, -0.15) is 0 Å². The van der Waals surface area contributed by atoms with Crippen molar-refractivity contribution in [2.45, 2.75) is 6.42 Å². The molecular weight excluding hydrogens is 240 g/mol. The average Bonchev–Trinajstić information content (AvgIpc) is 2.35. The molecule has 1 aromatic carbocycles. The molecule has 0 atom stereocenters. The van der Waals surface area contributed by atoms with E-state index in [-0.39, 0.29) is 30.1 Å². The van der Waals surface area contributed by atoms with Crippen LogP contribution in [0, 0.1) is 10.1 Å². The third-order valence-electron chi connectivity index (χ3n) is 2.33. The van der Waals surface area contributed by atoms with Crippen LogP contribution in [0.4, 0.5) is 5.69 Å². The lowest BCUT2D eigenvalue weighted by molar-refractivity contribution is -0.384. The van der Waals surface area contributed by atoms with Gasteiger partial charge in [-0.25, -0.2) is 0 Å². The van der Waals surface area contributed by atoms with Crippen LogP contribution in [0.15, 0.2) is 24.3 Å². The molecule has 0 saturated carbocycles. The van der Waals surface area contributed by atoms with E-state index in [4.69, 9.17) is 5.11 Å². The Morgan fingerprint density at radius 2 is 1.89 bits per heavy atom. The molecule has 7 heteroatoms. The van der Waals surface area contributed by atoms with E-state index in [1.54, 1.807) is 0 Å². The van der Waals surface area contributed by atoms with Gasteiger partial charge in [-0.15, -0.1) is 0 Å². The summed E-state index contributed by atoms with van der Waals surface area (Å²) in [7, 11) is 1.48. The zero-order chi connectivity index (χ0) is 13.7. The van der Waals surface area contributed by atoms with Gasteiger partial charge in [0.15, 0.2) is 0 Å². The van der Waals surface area contributed by atoms with E-state index in [2.05, 4.69) is 0 Å². The van der Waals surface area contributed by atoms with Crippen LogP contribution < -0.4 is 0 Å². The number of non-ortho nitro benzene ring substituents is 1. The summed E-state index contributed by atoms with van der Waals surface area (Å²) in [5.74, 6) is -1.36. The number of carboxylic acid groups (broad SMARTS) is 1. The molecule has 0 spiro atoms. The summed E-state index contributed by atoms with van der Waals surface area (Å²) in [5, 5.41) is 18.9. The fraction of sp³-hybridized carbons (Fsp3) is 0.273. The molecular formula is C11H12N2O5. The van der Waals surface area contributed by atoms with E-state index in [0.29, 0.717) is 0 Å². The predicted molar refractivity (Wildman–Crippen MR) is 62.3 cm³/mol. The second-order valence-electron chi connectivity index (χ2n) is 3.67. The summed E-state index contributed by atoms with van der Waals surface area (Å²) in [6, 6.07) is 5.16. The van der Waals surface area contributed by atoms with Crippen molar-refractivity contribution in [2.75, 3.05) is 13.6 Å². The highest BCUT2D eigenvalue weighted by molar-refractivity contribution is 5.94. The molecule has 1 N–H and O–H groups in total. The van der Waals surface area contributed by atoms with Crippen LogP contribution in [0.1, 0.15) is 16.8 Å². The van der Waals surface area contributed by atoms with E-state index in [1.165, 1.54) is 36.2 Å². The van der Waals surface area contributed by atoms with E-state index in [1.807, 2.05) is 0 Å². The summed E-state index contributed by atoms with van der Waals surface area (Å²) in [6.45, 7) is 0.0884. The first-order valence-corrected chi connectivity index (χ1v) is 5.13. The number of nitro groups is 1. The van der Waals surface area contributed by atoms with Crippen molar-refractivity contribution in [1.29, 1.82) is 0 Å². The number of carbonyl (C=O) groups excluding carboxylic acids is 1. The predicted octanol–water partition coefficient (Wildman–Crippen LogP) is 1.14. The molecule has 0 heterocycles. The quantitative estimate of drug-likeness (QED) is 0.625. The van der Waals surface area contributed by atoms with Crippen LogP contribution in [0.2, 0.25) is 0 Å². The molecule has 1 rings (SSSR count). The lowest BCUT2D eigenvalue weighted by atomic mass is 10.2. The highest BCUT2D eigenvalue weighted by Gasteiger charge is 2.14. The lowest BCUT2D eigenvalue weighted by Gasteiger charge is -2.15. The highest BCUT2D eigenvalue weighted by Crippen LogP contribution is 2.13. The number of nitrogens with zero attached hydrogens (tertiary/aromatic N) is 2. The van der Waals surface area contributed by atoms with Gasteiger partial charge >= 0.3 is 5.97 Å². The van der Waals surface area contributed by atoms with Gasteiger partial charge in [0.25, 0.3) is 11.6 Å². The largest absolute Gasteiger partial charge is 0.481 e. The Morgan fingerprint density at radius 1 is 1.33 bits per heavy atom. The fourth-order valence-corrected chi connectivity index (χ4v) is 1.31. The number of carboxylic acids is 1. The van der Waals surface area contributed by atoms with Crippen LogP contribution in [0.25, 0.3) is 0 Å². The average molecular weight is 252 g/mol. The van der Waals surface area contributed by atoms with Gasteiger partial charge in [0.2, 0.25) is 0 Å². The summed E-state index contributed by atoms with van der Waals surface area (Å²) >= 11 is 0. The monoisotopic (exact) mass is 252 g/mol. The first kappa shape index (κ1) is 13.6. The van der Waals surface area contributed by atoms with Gasteiger partial charge in [-0.05, 0) is 12.1 Å². The number of aliphatic carboxylic acids is 1. The highest BCUT2D eigenvalue weighted by atomic mass is 16.6.